The van der Waals surface area contributed by atoms with Crippen molar-refractivity contribution in [3.05, 3.63) is 65.5 Å². The van der Waals surface area contributed by atoms with Gasteiger partial charge >= 0.3 is 0 Å². The number of aromatic nitrogens is 1. The van der Waals surface area contributed by atoms with E-state index < -0.39 is 0 Å². The van der Waals surface area contributed by atoms with Crippen molar-refractivity contribution >= 4 is 12.0 Å². The lowest BCUT2D eigenvalue weighted by Gasteiger charge is -2.17. The topological polar surface area (TPSA) is 57.1 Å². The molecule has 0 amide bonds. The van der Waals surface area contributed by atoms with E-state index in [1.54, 1.807) is 18.5 Å². The van der Waals surface area contributed by atoms with Crippen LogP contribution in [0.2, 0.25) is 0 Å². The van der Waals surface area contributed by atoms with Crippen LogP contribution in [-0.4, -0.2) is 35.5 Å². The number of aldehydes is 1. The van der Waals surface area contributed by atoms with E-state index in [1.165, 1.54) is 5.56 Å². The maximum absolute atomic E-state index is 11.0. The summed E-state index contributed by atoms with van der Waals surface area (Å²) in [5.74, 6) is 0. The van der Waals surface area contributed by atoms with Crippen molar-refractivity contribution in [2.75, 3.05) is 13.6 Å². The van der Waals surface area contributed by atoms with Gasteiger partial charge in [-0.25, -0.2) is 0 Å². The molecule has 4 heteroatoms. The Morgan fingerprint density at radius 1 is 1.29 bits per heavy atom. The molecule has 0 radical (unpaired) electrons. The molecule has 0 bridgehead atoms. The lowest BCUT2D eigenvalue weighted by molar-refractivity contribution is 0.112. The number of hydrogen-bond acceptors (Lipinski definition) is 4. The van der Waals surface area contributed by atoms with E-state index in [-0.39, 0.29) is 0 Å². The largest absolute Gasteiger partial charge is 0.305 e. The molecule has 1 aromatic heterocycles. The smallest absolute Gasteiger partial charge is 0.150 e. The van der Waals surface area contributed by atoms with Gasteiger partial charge in [0.2, 0.25) is 0 Å². The van der Waals surface area contributed by atoms with Crippen molar-refractivity contribution in [1.82, 2.24) is 9.88 Å². The minimum atomic E-state index is 0.449. The maximum Gasteiger partial charge on any atom is 0.150 e. The third-order valence-corrected chi connectivity index (χ3v) is 3.35. The summed E-state index contributed by atoms with van der Waals surface area (Å²) in [7, 11) is 2.03. The summed E-state index contributed by atoms with van der Waals surface area (Å²) in [5.41, 5.74) is 2.85. The van der Waals surface area contributed by atoms with E-state index in [0.29, 0.717) is 23.3 Å². The molecule has 0 saturated carbocycles. The van der Waals surface area contributed by atoms with E-state index in [4.69, 9.17) is 5.41 Å². The van der Waals surface area contributed by atoms with E-state index in [0.717, 1.165) is 19.4 Å². The molecular weight excluding hydrogens is 262 g/mol. The highest BCUT2D eigenvalue weighted by Gasteiger charge is 2.09. The Hall–Kier alpha value is -2.33. The third kappa shape index (κ3) is 4.33. The van der Waals surface area contributed by atoms with Crippen molar-refractivity contribution in [3.8, 4) is 0 Å². The Bertz CT molecular complexity index is 610. The Labute approximate surface area is 125 Å². The van der Waals surface area contributed by atoms with E-state index in [1.807, 2.05) is 25.2 Å². The molecule has 0 spiro atoms. The first-order valence-corrected chi connectivity index (χ1v) is 6.90. The minimum Gasteiger partial charge on any atom is -0.305 e. The number of nitrogens with zero attached hydrogens (tertiary/aromatic N) is 2. The van der Waals surface area contributed by atoms with Gasteiger partial charge in [-0.3, -0.25) is 9.78 Å². The highest BCUT2D eigenvalue weighted by molar-refractivity contribution is 6.04. The van der Waals surface area contributed by atoms with Crippen LogP contribution in [0.5, 0.6) is 0 Å². The van der Waals surface area contributed by atoms with Crippen molar-refractivity contribution in [2.45, 2.75) is 13.0 Å². The molecule has 0 aliphatic rings. The molecule has 1 N–H and O–H groups in total. The van der Waals surface area contributed by atoms with Crippen molar-refractivity contribution in [3.63, 3.8) is 0 Å². The molecule has 0 aliphatic heterocycles. The summed E-state index contributed by atoms with van der Waals surface area (Å²) in [4.78, 5) is 17.1. The van der Waals surface area contributed by atoms with Crippen molar-refractivity contribution < 1.29 is 4.79 Å². The molecular formula is C17H19N3O. The Balaban J connectivity index is 1.90. The van der Waals surface area contributed by atoms with Gasteiger partial charge in [0.25, 0.3) is 0 Å². The van der Waals surface area contributed by atoms with Gasteiger partial charge in [-0.15, -0.1) is 0 Å². The lowest BCUT2D eigenvalue weighted by Crippen LogP contribution is -2.21. The van der Waals surface area contributed by atoms with E-state index >= 15 is 0 Å². The molecule has 1 aromatic carbocycles. The molecule has 0 saturated heterocycles. The van der Waals surface area contributed by atoms with Crippen LogP contribution in [-0.2, 0) is 6.54 Å². The molecule has 0 aliphatic carbocycles. The number of carbonyl (C=O) groups excluding carboxylic acids is 1. The molecule has 108 valence electrons. The predicted molar refractivity (Wildman–Crippen MR) is 83.8 cm³/mol. The number of pyridine rings is 1. The zero-order valence-corrected chi connectivity index (χ0v) is 12.1. The molecule has 0 atom stereocenters. The van der Waals surface area contributed by atoms with Gasteiger partial charge in [-0.1, -0.05) is 30.3 Å². The van der Waals surface area contributed by atoms with Crippen LogP contribution < -0.4 is 0 Å². The van der Waals surface area contributed by atoms with Gasteiger partial charge in [0.1, 0.15) is 0 Å². The molecule has 0 fully saturated rings. The van der Waals surface area contributed by atoms with Crippen LogP contribution in [0.15, 0.2) is 48.8 Å². The predicted octanol–water partition coefficient (Wildman–Crippen LogP) is 2.78. The first-order chi connectivity index (χ1) is 10.2. The summed E-state index contributed by atoms with van der Waals surface area (Å²) in [5, 5.41) is 8.12. The molecule has 1 heterocycles. The SMILES string of the molecule is CN(CCC(=N)c1cnccc1C=O)Cc1ccccc1. The Morgan fingerprint density at radius 3 is 2.76 bits per heavy atom. The normalized spacial score (nSPS) is 10.6. The number of rotatable bonds is 7. The summed E-state index contributed by atoms with van der Waals surface area (Å²) >= 11 is 0. The second kappa shape index (κ2) is 7.45. The third-order valence-electron chi connectivity index (χ3n) is 3.35. The van der Waals surface area contributed by atoms with Crippen LogP contribution in [0.3, 0.4) is 0 Å². The maximum atomic E-state index is 11.0. The first-order valence-electron chi connectivity index (χ1n) is 6.90. The van der Waals surface area contributed by atoms with E-state index in [2.05, 4.69) is 22.0 Å². The minimum absolute atomic E-state index is 0.449. The molecule has 0 unspecified atom stereocenters. The average Bonchev–Trinajstić information content (AvgIpc) is 2.53. The fraction of sp³-hybridized carbons (Fsp3) is 0.235. The zero-order chi connectivity index (χ0) is 15.1. The van der Waals surface area contributed by atoms with Crippen LogP contribution in [0.4, 0.5) is 0 Å². The van der Waals surface area contributed by atoms with Crippen molar-refractivity contribution in [2.24, 2.45) is 0 Å². The van der Waals surface area contributed by atoms with Crippen LogP contribution in [0.25, 0.3) is 0 Å². The van der Waals surface area contributed by atoms with Gasteiger partial charge in [-0.2, -0.15) is 0 Å². The Morgan fingerprint density at radius 2 is 2.05 bits per heavy atom. The summed E-state index contributed by atoms with van der Waals surface area (Å²) in [6.07, 6.45) is 4.53. The standard InChI is InChI=1S/C17H19N3O/c1-20(12-14-5-3-2-4-6-14)10-8-17(18)16-11-19-9-7-15(16)13-21/h2-7,9,11,13,18H,8,10,12H2,1H3. The molecule has 2 rings (SSSR count). The second-order valence-corrected chi connectivity index (χ2v) is 5.03. The lowest BCUT2D eigenvalue weighted by atomic mass is 10.0. The summed E-state index contributed by atoms with van der Waals surface area (Å²) in [6, 6.07) is 11.9. The van der Waals surface area contributed by atoms with Gasteiger partial charge < -0.3 is 10.3 Å². The van der Waals surface area contributed by atoms with Gasteiger partial charge in [-0.05, 0) is 18.7 Å². The highest BCUT2D eigenvalue weighted by Crippen LogP contribution is 2.09. The van der Waals surface area contributed by atoms with Gasteiger partial charge in [0, 0.05) is 48.7 Å². The molecule has 4 nitrogen and oxygen atoms in total. The van der Waals surface area contributed by atoms with Crippen LogP contribution >= 0.6 is 0 Å². The fourth-order valence-electron chi connectivity index (χ4n) is 2.17. The molecule has 21 heavy (non-hydrogen) atoms. The quantitative estimate of drug-likeness (QED) is 0.627. The average molecular weight is 281 g/mol. The highest BCUT2D eigenvalue weighted by atomic mass is 16.1. The van der Waals surface area contributed by atoms with Gasteiger partial charge in [0.05, 0.1) is 0 Å². The monoisotopic (exact) mass is 281 g/mol. The summed E-state index contributed by atoms with van der Waals surface area (Å²) in [6.45, 7) is 1.61. The number of hydrogen-bond donors (Lipinski definition) is 1. The van der Waals surface area contributed by atoms with Gasteiger partial charge in [0.15, 0.2) is 6.29 Å². The second-order valence-electron chi connectivity index (χ2n) is 5.03. The first kappa shape index (κ1) is 15.1. The summed E-state index contributed by atoms with van der Waals surface area (Å²) < 4.78 is 0. The van der Waals surface area contributed by atoms with Crippen molar-refractivity contribution in [1.29, 1.82) is 5.41 Å². The fourth-order valence-corrected chi connectivity index (χ4v) is 2.17. The van der Waals surface area contributed by atoms with E-state index in [9.17, 15) is 4.79 Å². The zero-order valence-electron chi connectivity index (χ0n) is 12.1. The van der Waals surface area contributed by atoms with Crippen LogP contribution in [0.1, 0.15) is 27.9 Å². The Kier molecular flexibility index (Phi) is 5.35. The van der Waals surface area contributed by atoms with Crippen LogP contribution in [0, 0.1) is 5.41 Å². The number of benzene rings is 1. The number of carbonyl (C=O) groups is 1. The number of nitrogens with one attached hydrogen (secondary N) is 1. The molecule has 2 aromatic rings.